The minimum Gasteiger partial charge on any atom is -0.465 e. The largest absolute Gasteiger partial charge is 0.465 e. The molecule has 0 unspecified atom stereocenters. The fourth-order valence-corrected chi connectivity index (χ4v) is 2.01. The van der Waals surface area contributed by atoms with Gasteiger partial charge < -0.3 is 10.5 Å². The second-order valence-electron chi connectivity index (χ2n) is 4.42. The van der Waals surface area contributed by atoms with E-state index in [0.717, 1.165) is 18.4 Å². The van der Waals surface area contributed by atoms with Gasteiger partial charge in [-0.05, 0) is 38.0 Å². The van der Waals surface area contributed by atoms with Crippen LogP contribution in [-0.2, 0) is 14.9 Å². The summed E-state index contributed by atoms with van der Waals surface area (Å²) in [4.78, 5) is 12.1. The maximum atomic E-state index is 12.1. The number of esters is 1. The van der Waals surface area contributed by atoms with Crippen LogP contribution in [0, 0.1) is 0 Å². The summed E-state index contributed by atoms with van der Waals surface area (Å²) in [6, 6.07) is 7.45. The van der Waals surface area contributed by atoms with Gasteiger partial charge in [0.1, 0.15) is 0 Å². The Hall–Kier alpha value is -1.51. The molecular weight excluding hydrogens is 214 g/mol. The molecule has 0 heterocycles. The minimum absolute atomic E-state index is 0.161. The number of nitrogens with two attached hydrogens (primary N) is 1. The topological polar surface area (TPSA) is 52.3 Å². The van der Waals surface area contributed by atoms with E-state index in [1.165, 1.54) is 0 Å². The Morgan fingerprint density at radius 1 is 1.29 bits per heavy atom. The molecule has 0 saturated heterocycles. The lowest BCUT2D eigenvalue weighted by Gasteiger charge is -2.27. The van der Waals surface area contributed by atoms with Crippen LogP contribution in [0.15, 0.2) is 24.3 Å². The smallest absolute Gasteiger partial charge is 0.316 e. The van der Waals surface area contributed by atoms with Crippen molar-refractivity contribution in [3.8, 4) is 0 Å². The van der Waals surface area contributed by atoms with E-state index >= 15 is 0 Å². The summed E-state index contributed by atoms with van der Waals surface area (Å²) in [7, 11) is 0. The first-order chi connectivity index (χ1) is 8.04. The molecule has 0 aliphatic rings. The number of hydrogen-bond acceptors (Lipinski definition) is 3. The Bertz CT molecular complexity index is 372. The van der Waals surface area contributed by atoms with Crippen molar-refractivity contribution in [2.45, 2.75) is 39.0 Å². The molecule has 0 bridgehead atoms. The predicted molar refractivity (Wildman–Crippen MR) is 69.7 cm³/mol. The van der Waals surface area contributed by atoms with Crippen LogP contribution in [0.4, 0.5) is 5.69 Å². The third kappa shape index (κ3) is 2.99. The van der Waals surface area contributed by atoms with Crippen molar-refractivity contribution in [3.63, 3.8) is 0 Å². The SMILES string of the molecule is CCC[C@](C)(C(=O)OCC)c1ccc(N)cc1. The number of ether oxygens (including phenoxy) is 1. The van der Waals surface area contributed by atoms with Gasteiger partial charge in [-0.15, -0.1) is 0 Å². The molecular formula is C14H21NO2. The highest BCUT2D eigenvalue weighted by Gasteiger charge is 2.35. The normalized spacial score (nSPS) is 14.1. The molecule has 0 aliphatic heterocycles. The number of nitrogen functional groups attached to an aromatic ring is 1. The van der Waals surface area contributed by atoms with Crippen LogP contribution in [-0.4, -0.2) is 12.6 Å². The molecule has 0 aliphatic carbocycles. The van der Waals surface area contributed by atoms with E-state index in [-0.39, 0.29) is 5.97 Å². The maximum Gasteiger partial charge on any atom is 0.316 e. The molecule has 1 rings (SSSR count). The summed E-state index contributed by atoms with van der Waals surface area (Å²) in [5.74, 6) is -0.161. The van der Waals surface area contributed by atoms with Gasteiger partial charge in [-0.1, -0.05) is 25.5 Å². The van der Waals surface area contributed by atoms with E-state index in [0.29, 0.717) is 12.3 Å². The summed E-state index contributed by atoms with van der Waals surface area (Å²) < 4.78 is 5.17. The number of anilines is 1. The number of rotatable bonds is 5. The Morgan fingerprint density at radius 3 is 2.35 bits per heavy atom. The van der Waals surface area contributed by atoms with E-state index in [1.54, 1.807) is 0 Å². The van der Waals surface area contributed by atoms with Gasteiger partial charge in [0.05, 0.1) is 12.0 Å². The van der Waals surface area contributed by atoms with Gasteiger partial charge in [0.15, 0.2) is 0 Å². The Morgan fingerprint density at radius 2 is 1.88 bits per heavy atom. The van der Waals surface area contributed by atoms with Gasteiger partial charge in [-0.2, -0.15) is 0 Å². The minimum atomic E-state index is -0.571. The van der Waals surface area contributed by atoms with Crippen LogP contribution in [0.1, 0.15) is 39.2 Å². The van der Waals surface area contributed by atoms with Gasteiger partial charge in [0.25, 0.3) is 0 Å². The first-order valence-corrected chi connectivity index (χ1v) is 6.07. The van der Waals surface area contributed by atoms with Crippen molar-refractivity contribution in [2.24, 2.45) is 0 Å². The molecule has 17 heavy (non-hydrogen) atoms. The van der Waals surface area contributed by atoms with Crippen LogP contribution in [0.3, 0.4) is 0 Å². The first kappa shape index (κ1) is 13.6. The monoisotopic (exact) mass is 235 g/mol. The van der Waals surface area contributed by atoms with Gasteiger partial charge >= 0.3 is 5.97 Å². The second kappa shape index (κ2) is 5.71. The van der Waals surface area contributed by atoms with Gasteiger partial charge in [-0.25, -0.2) is 0 Å². The van der Waals surface area contributed by atoms with Crippen LogP contribution in [0.5, 0.6) is 0 Å². The van der Waals surface area contributed by atoms with E-state index in [4.69, 9.17) is 10.5 Å². The fraction of sp³-hybridized carbons (Fsp3) is 0.500. The molecule has 1 aromatic carbocycles. The van der Waals surface area contributed by atoms with Gasteiger partial charge in [0.2, 0.25) is 0 Å². The highest BCUT2D eigenvalue weighted by atomic mass is 16.5. The Balaban J connectivity index is 3.06. The van der Waals surface area contributed by atoms with E-state index in [9.17, 15) is 4.79 Å². The number of benzene rings is 1. The van der Waals surface area contributed by atoms with Gasteiger partial charge in [0, 0.05) is 5.69 Å². The van der Waals surface area contributed by atoms with Crippen molar-refractivity contribution in [1.82, 2.24) is 0 Å². The van der Waals surface area contributed by atoms with Crippen molar-refractivity contribution in [2.75, 3.05) is 12.3 Å². The highest BCUT2D eigenvalue weighted by molar-refractivity contribution is 5.82. The molecule has 0 radical (unpaired) electrons. The van der Waals surface area contributed by atoms with Crippen molar-refractivity contribution in [3.05, 3.63) is 29.8 Å². The summed E-state index contributed by atoms with van der Waals surface area (Å²) in [6.45, 7) is 6.23. The lowest BCUT2D eigenvalue weighted by Crippen LogP contribution is -2.34. The molecule has 0 amide bonds. The van der Waals surface area contributed by atoms with Crippen LogP contribution in [0.25, 0.3) is 0 Å². The molecule has 1 aromatic rings. The third-order valence-electron chi connectivity index (χ3n) is 3.02. The molecule has 94 valence electrons. The second-order valence-corrected chi connectivity index (χ2v) is 4.42. The Kier molecular flexibility index (Phi) is 4.55. The van der Waals surface area contributed by atoms with Gasteiger partial charge in [-0.3, -0.25) is 4.79 Å². The zero-order valence-corrected chi connectivity index (χ0v) is 10.8. The lowest BCUT2D eigenvalue weighted by atomic mass is 9.78. The molecule has 1 atom stereocenters. The molecule has 0 spiro atoms. The van der Waals surface area contributed by atoms with Crippen LogP contribution >= 0.6 is 0 Å². The van der Waals surface area contributed by atoms with E-state index in [2.05, 4.69) is 6.92 Å². The predicted octanol–water partition coefficient (Wildman–Crippen LogP) is 2.89. The summed E-state index contributed by atoms with van der Waals surface area (Å²) in [6.07, 6.45) is 1.70. The maximum absolute atomic E-state index is 12.1. The van der Waals surface area contributed by atoms with E-state index in [1.807, 2.05) is 38.1 Å². The van der Waals surface area contributed by atoms with Crippen LogP contribution in [0.2, 0.25) is 0 Å². The first-order valence-electron chi connectivity index (χ1n) is 6.07. The van der Waals surface area contributed by atoms with Crippen molar-refractivity contribution < 1.29 is 9.53 Å². The quantitative estimate of drug-likeness (QED) is 0.630. The summed E-state index contributed by atoms with van der Waals surface area (Å²) >= 11 is 0. The summed E-state index contributed by atoms with van der Waals surface area (Å²) in [5.41, 5.74) is 6.76. The number of hydrogen-bond donors (Lipinski definition) is 1. The molecule has 0 aromatic heterocycles. The van der Waals surface area contributed by atoms with Crippen molar-refractivity contribution >= 4 is 11.7 Å². The lowest BCUT2D eigenvalue weighted by molar-refractivity contribution is -0.149. The zero-order chi connectivity index (χ0) is 12.9. The van der Waals surface area contributed by atoms with Crippen LogP contribution < -0.4 is 5.73 Å². The van der Waals surface area contributed by atoms with E-state index < -0.39 is 5.41 Å². The zero-order valence-electron chi connectivity index (χ0n) is 10.8. The molecule has 0 saturated carbocycles. The molecule has 2 N–H and O–H groups in total. The Labute approximate surface area is 103 Å². The molecule has 3 nitrogen and oxygen atoms in total. The number of carbonyl (C=O) groups is 1. The molecule has 3 heteroatoms. The average molecular weight is 235 g/mol. The van der Waals surface area contributed by atoms with Crippen molar-refractivity contribution in [1.29, 1.82) is 0 Å². The average Bonchev–Trinajstić information content (AvgIpc) is 2.30. The highest BCUT2D eigenvalue weighted by Crippen LogP contribution is 2.31. The standard InChI is InChI=1S/C14H21NO2/c1-4-10-14(3,13(16)17-5-2)11-6-8-12(15)9-7-11/h6-9H,4-5,10,15H2,1-3H3/t14-/m0/s1. The number of carbonyl (C=O) groups excluding carboxylic acids is 1. The summed E-state index contributed by atoms with van der Waals surface area (Å²) in [5, 5.41) is 0. The third-order valence-corrected chi connectivity index (χ3v) is 3.02. The fourth-order valence-electron chi connectivity index (χ4n) is 2.01. The molecule has 0 fully saturated rings.